The molecule has 0 unspecified atom stereocenters. The summed E-state index contributed by atoms with van der Waals surface area (Å²) in [5.41, 5.74) is 2.91. The highest BCUT2D eigenvalue weighted by molar-refractivity contribution is 7.15. The van der Waals surface area contributed by atoms with Crippen LogP contribution in [0.15, 0.2) is 41.4 Å². The summed E-state index contributed by atoms with van der Waals surface area (Å²) in [4.78, 5) is 6.36. The molecular formula is C15H13ClN4S. The van der Waals surface area contributed by atoms with Crippen LogP contribution in [0.1, 0.15) is 16.1 Å². The number of hydrogen-bond donors (Lipinski definition) is 1. The predicted molar refractivity (Wildman–Crippen MR) is 87.5 cm³/mol. The predicted octanol–water partition coefficient (Wildman–Crippen LogP) is 3.83. The molecule has 3 rings (SSSR count). The summed E-state index contributed by atoms with van der Waals surface area (Å²) >= 11 is 7.62. The fourth-order valence-corrected chi connectivity index (χ4v) is 3.21. The summed E-state index contributed by atoms with van der Waals surface area (Å²) in [5, 5.41) is 11.6. The Morgan fingerprint density at radius 1 is 1.24 bits per heavy atom. The first-order valence-electron chi connectivity index (χ1n) is 6.43. The van der Waals surface area contributed by atoms with Gasteiger partial charge in [-0.1, -0.05) is 28.9 Å². The number of aliphatic imine (C=N–C) groups is 1. The van der Waals surface area contributed by atoms with Crippen molar-refractivity contribution in [3.8, 4) is 10.6 Å². The summed E-state index contributed by atoms with van der Waals surface area (Å²) in [6.07, 6.45) is 2.62. The van der Waals surface area contributed by atoms with Crippen LogP contribution in [0.2, 0.25) is 5.02 Å². The molecule has 1 aromatic carbocycles. The van der Waals surface area contributed by atoms with Crippen LogP contribution in [0.25, 0.3) is 10.6 Å². The zero-order chi connectivity index (χ0) is 14.7. The van der Waals surface area contributed by atoms with Crippen molar-refractivity contribution >= 4 is 29.2 Å². The van der Waals surface area contributed by atoms with Gasteiger partial charge in [0.25, 0.3) is 0 Å². The molecule has 6 heteroatoms. The normalized spacial score (nSPS) is 11.3. The lowest BCUT2D eigenvalue weighted by atomic mass is 10.1. The van der Waals surface area contributed by atoms with Gasteiger partial charge in [0.2, 0.25) is 0 Å². The summed E-state index contributed by atoms with van der Waals surface area (Å²) < 4.78 is 0. The zero-order valence-corrected chi connectivity index (χ0v) is 12.9. The molecule has 21 heavy (non-hydrogen) atoms. The van der Waals surface area contributed by atoms with Crippen LogP contribution >= 0.6 is 22.9 Å². The summed E-state index contributed by atoms with van der Waals surface area (Å²) in [6, 6.07) is 12.1. The Balaban J connectivity index is 1.83. The monoisotopic (exact) mass is 316 g/mol. The van der Waals surface area contributed by atoms with Crippen molar-refractivity contribution in [2.75, 3.05) is 7.05 Å². The van der Waals surface area contributed by atoms with Crippen LogP contribution < -0.4 is 0 Å². The maximum atomic E-state index is 5.90. The Morgan fingerprint density at radius 2 is 2.05 bits per heavy atom. The van der Waals surface area contributed by atoms with E-state index in [2.05, 4.69) is 32.5 Å². The fourth-order valence-electron chi connectivity index (χ4n) is 2.04. The highest BCUT2D eigenvalue weighted by Crippen LogP contribution is 2.29. The third-order valence-corrected chi connectivity index (χ3v) is 4.36. The number of rotatable bonds is 4. The molecule has 0 aliphatic rings. The van der Waals surface area contributed by atoms with Gasteiger partial charge in [-0.3, -0.25) is 10.1 Å². The van der Waals surface area contributed by atoms with Gasteiger partial charge in [0.05, 0.1) is 4.88 Å². The Hall–Kier alpha value is -1.98. The second-order valence-corrected chi connectivity index (χ2v) is 6.14. The van der Waals surface area contributed by atoms with Crippen LogP contribution in [0.3, 0.4) is 0 Å². The van der Waals surface area contributed by atoms with Gasteiger partial charge in [-0.2, -0.15) is 0 Å². The molecule has 0 amide bonds. The lowest BCUT2D eigenvalue weighted by molar-refractivity contribution is 0.940. The maximum absolute atomic E-state index is 5.90. The molecule has 106 valence electrons. The van der Waals surface area contributed by atoms with Crippen molar-refractivity contribution in [1.82, 2.24) is 15.4 Å². The van der Waals surface area contributed by atoms with E-state index >= 15 is 0 Å². The number of nitrogens with zero attached hydrogens (tertiary/aromatic N) is 3. The van der Waals surface area contributed by atoms with Crippen molar-refractivity contribution in [2.24, 2.45) is 4.99 Å². The van der Waals surface area contributed by atoms with E-state index in [9.17, 15) is 0 Å². The SMILES string of the molecule is C/N=C/c1[nH]nnc1-c1ccc(Cc2ccc(Cl)cc2)s1. The van der Waals surface area contributed by atoms with E-state index in [0.29, 0.717) is 0 Å². The van der Waals surface area contributed by atoms with Gasteiger partial charge in [-0.05, 0) is 29.8 Å². The van der Waals surface area contributed by atoms with Gasteiger partial charge in [0.1, 0.15) is 11.4 Å². The van der Waals surface area contributed by atoms with Crippen LogP contribution in [0.4, 0.5) is 0 Å². The maximum Gasteiger partial charge on any atom is 0.131 e. The lowest BCUT2D eigenvalue weighted by Crippen LogP contribution is -1.84. The molecule has 0 aliphatic heterocycles. The topological polar surface area (TPSA) is 53.9 Å². The van der Waals surface area contributed by atoms with E-state index in [1.54, 1.807) is 24.6 Å². The Morgan fingerprint density at radius 3 is 2.81 bits per heavy atom. The molecule has 2 aromatic heterocycles. The van der Waals surface area contributed by atoms with E-state index in [4.69, 9.17) is 11.6 Å². The van der Waals surface area contributed by atoms with Crippen molar-refractivity contribution in [3.05, 3.63) is 57.6 Å². The first-order chi connectivity index (χ1) is 10.3. The standard InChI is InChI=1S/C15H13ClN4S/c1-17-9-13-15(19-20-18-13)14-7-6-12(21-14)8-10-2-4-11(16)5-3-10/h2-7,9H,8H2,1H3,(H,18,19,20)/b17-9+. The Bertz CT molecular complexity index is 758. The van der Waals surface area contributed by atoms with Gasteiger partial charge in [0.15, 0.2) is 0 Å². The Kier molecular flexibility index (Phi) is 4.13. The molecule has 0 radical (unpaired) electrons. The first kappa shape index (κ1) is 14.0. The van der Waals surface area contributed by atoms with Crippen molar-refractivity contribution in [1.29, 1.82) is 0 Å². The van der Waals surface area contributed by atoms with Gasteiger partial charge in [-0.15, -0.1) is 16.4 Å². The highest BCUT2D eigenvalue weighted by Gasteiger charge is 2.11. The number of aromatic amines is 1. The molecule has 4 nitrogen and oxygen atoms in total. The molecule has 0 spiro atoms. The van der Waals surface area contributed by atoms with Crippen molar-refractivity contribution in [2.45, 2.75) is 6.42 Å². The molecule has 3 aromatic rings. The van der Waals surface area contributed by atoms with Gasteiger partial charge in [-0.25, -0.2) is 0 Å². The minimum Gasteiger partial charge on any atom is -0.294 e. The molecule has 0 bridgehead atoms. The highest BCUT2D eigenvalue weighted by atomic mass is 35.5. The number of halogens is 1. The number of thiophene rings is 1. The molecule has 0 atom stereocenters. The molecular weight excluding hydrogens is 304 g/mol. The second kappa shape index (κ2) is 6.20. The van der Waals surface area contributed by atoms with Crippen LogP contribution in [-0.2, 0) is 6.42 Å². The largest absolute Gasteiger partial charge is 0.294 e. The number of benzene rings is 1. The minimum absolute atomic E-state index is 0.761. The quantitative estimate of drug-likeness (QED) is 0.744. The third-order valence-electron chi connectivity index (χ3n) is 3.02. The van der Waals surface area contributed by atoms with Gasteiger partial charge in [0, 0.05) is 29.6 Å². The molecule has 0 saturated carbocycles. The number of H-pyrrole nitrogens is 1. The van der Waals surface area contributed by atoms with E-state index in [1.165, 1.54) is 10.4 Å². The van der Waals surface area contributed by atoms with Crippen molar-refractivity contribution in [3.63, 3.8) is 0 Å². The Labute approximate surface area is 131 Å². The van der Waals surface area contributed by atoms with Gasteiger partial charge < -0.3 is 0 Å². The smallest absolute Gasteiger partial charge is 0.131 e. The lowest BCUT2D eigenvalue weighted by Gasteiger charge is -1.98. The number of nitrogens with one attached hydrogen (secondary N) is 1. The molecule has 2 heterocycles. The van der Waals surface area contributed by atoms with E-state index < -0.39 is 0 Å². The van der Waals surface area contributed by atoms with Crippen LogP contribution in [-0.4, -0.2) is 28.7 Å². The van der Waals surface area contributed by atoms with E-state index in [-0.39, 0.29) is 0 Å². The van der Waals surface area contributed by atoms with Crippen LogP contribution in [0.5, 0.6) is 0 Å². The van der Waals surface area contributed by atoms with Gasteiger partial charge >= 0.3 is 0 Å². The second-order valence-electron chi connectivity index (χ2n) is 4.53. The third kappa shape index (κ3) is 3.20. The summed E-state index contributed by atoms with van der Waals surface area (Å²) in [5.74, 6) is 0. The number of hydrogen-bond acceptors (Lipinski definition) is 4. The average Bonchev–Trinajstić information content (AvgIpc) is 3.11. The van der Waals surface area contributed by atoms with Crippen molar-refractivity contribution < 1.29 is 0 Å². The molecule has 0 fully saturated rings. The van der Waals surface area contributed by atoms with E-state index in [0.717, 1.165) is 27.7 Å². The first-order valence-corrected chi connectivity index (χ1v) is 7.62. The average molecular weight is 317 g/mol. The summed E-state index contributed by atoms with van der Waals surface area (Å²) in [6.45, 7) is 0. The molecule has 0 saturated heterocycles. The minimum atomic E-state index is 0.761. The van der Waals surface area contributed by atoms with Crippen LogP contribution in [0, 0.1) is 0 Å². The van der Waals surface area contributed by atoms with E-state index in [1.807, 2.05) is 24.3 Å². The zero-order valence-electron chi connectivity index (χ0n) is 11.4. The number of aromatic nitrogens is 3. The summed E-state index contributed by atoms with van der Waals surface area (Å²) in [7, 11) is 1.73. The molecule has 0 aliphatic carbocycles. The fraction of sp³-hybridized carbons (Fsp3) is 0.133. The molecule has 1 N–H and O–H groups in total.